The molecule has 1 rings (SSSR count). The minimum absolute atomic E-state index is 0.0253. The van der Waals surface area contributed by atoms with Gasteiger partial charge in [-0.2, -0.15) is 0 Å². The number of non-ortho nitro benzene ring substituents is 1. The van der Waals surface area contributed by atoms with Crippen molar-refractivity contribution in [3.63, 3.8) is 0 Å². The van der Waals surface area contributed by atoms with E-state index in [-0.39, 0.29) is 11.7 Å². The van der Waals surface area contributed by atoms with Crippen LogP contribution in [0.4, 0.5) is 10.1 Å². The molecule has 0 heterocycles. The molecule has 0 aliphatic heterocycles. The average Bonchev–Trinajstić information content (AvgIpc) is 2.24. The Balaban J connectivity index is 2.74. The lowest BCUT2D eigenvalue weighted by Crippen LogP contribution is -2.26. The van der Waals surface area contributed by atoms with Gasteiger partial charge in [-0.05, 0) is 30.4 Å². The molecule has 0 fully saturated rings. The van der Waals surface area contributed by atoms with Crippen molar-refractivity contribution in [2.45, 2.75) is 32.7 Å². The number of halogens is 1. The van der Waals surface area contributed by atoms with Gasteiger partial charge in [-0.25, -0.2) is 4.39 Å². The van der Waals surface area contributed by atoms with Gasteiger partial charge >= 0.3 is 0 Å². The maximum Gasteiger partial charge on any atom is 0.272 e. The molecule has 1 aromatic rings. The highest BCUT2D eigenvalue weighted by atomic mass is 19.1. The van der Waals surface area contributed by atoms with E-state index in [1.165, 1.54) is 12.1 Å². The number of nitrogens with two attached hydrogens (primary N) is 1. The summed E-state index contributed by atoms with van der Waals surface area (Å²) in [6, 6.07) is 3.67. The van der Waals surface area contributed by atoms with Crippen LogP contribution < -0.4 is 5.73 Å². The molecule has 0 saturated heterocycles. The summed E-state index contributed by atoms with van der Waals surface area (Å²) in [4.78, 5) is 9.98. The number of hydrogen-bond donors (Lipinski definition) is 1. The van der Waals surface area contributed by atoms with Crippen LogP contribution in [0.15, 0.2) is 18.2 Å². The molecule has 1 unspecified atom stereocenters. The molecule has 0 bridgehead atoms. The van der Waals surface area contributed by atoms with E-state index in [1.807, 2.05) is 13.8 Å². The van der Waals surface area contributed by atoms with E-state index < -0.39 is 10.7 Å². The summed E-state index contributed by atoms with van der Waals surface area (Å²) in [7, 11) is 0. The van der Waals surface area contributed by atoms with E-state index in [4.69, 9.17) is 5.73 Å². The van der Waals surface area contributed by atoms with Gasteiger partial charge in [0, 0.05) is 12.1 Å². The molecule has 0 aromatic heterocycles. The van der Waals surface area contributed by atoms with Gasteiger partial charge < -0.3 is 5.73 Å². The summed E-state index contributed by atoms with van der Waals surface area (Å²) in [5.41, 5.74) is 6.28. The molecule has 0 radical (unpaired) electrons. The van der Waals surface area contributed by atoms with E-state index in [2.05, 4.69) is 0 Å². The van der Waals surface area contributed by atoms with Crippen LogP contribution in [-0.2, 0) is 6.42 Å². The van der Waals surface area contributed by atoms with Crippen molar-refractivity contribution in [3.8, 4) is 0 Å². The monoisotopic (exact) mass is 240 g/mol. The Bertz CT molecular complexity index is 407. The van der Waals surface area contributed by atoms with E-state index >= 15 is 0 Å². The van der Waals surface area contributed by atoms with Crippen molar-refractivity contribution in [1.82, 2.24) is 0 Å². The van der Waals surface area contributed by atoms with E-state index in [0.717, 1.165) is 6.07 Å². The Labute approximate surface area is 99.8 Å². The predicted molar refractivity (Wildman–Crippen MR) is 64.2 cm³/mol. The molecule has 0 aliphatic rings. The van der Waals surface area contributed by atoms with Crippen LogP contribution in [0.2, 0.25) is 0 Å². The molecule has 5 heteroatoms. The largest absolute Gasteiger partial charge is 0.327 e. The molecule has 94 valence electrons. The Kier molecular flexibility index (Phi) is 4.57. The van der Waals surface area contributed by atoms with Gasteiger partial charge in [-0.1, -0.05) is 13.8 Å². The third kappa shape index (κ3) is 4.11. The normalized spacial score (nSPS) is 12.8. The molecule has 2 N–H and O–H groups in total. The van der Waals surface area contributed by atoms with E-state index in [0.29, 0.717) is 24.3 Å². The summed E-state index contributed by atoms with van der Waals surface area (Å²) in [6.07, 6.45) is 1.25. The summed E-state index contributed by atoms with van der Waals surface area (Å²) in [5.74, 6) is -0.231. The van der Waals surface area contributed by atoms with Gasteiger partial charge in [-0.3, -0.25) is 10.1 Å². The fourth-order valence-electron chi connectivity index (χ4n) is 1.55. The minimum atomic E-state index is -0.588. The number of hydrogen-bond acceptors (Lipinski definition) is 3. The van der Waals surface area contributed by atoms with Crippen LogP contribution in [0.1, 0.15) is 25.8 Å². The third-order valence-electron chi connectivity index (χ3n) is 2.78. The lowest BCUT2D eigenvalue weighted by molar-refractivity contribution is -0.385. The fraction of sp³-hybridized carbons (Fsp3) is 0.500. The van der Waals surface area contributed by atoms with Crippen molar-refractivity contribution in [2.75, 3.05) is 0 Å². The second kappa shape index (κ2) is 5.72. The van der Waals surface area contributed by atoms with Gasteiger partial charge in [-0.15, -0.1) is 0 Å². The first kappa shape index (κ1) is 13.6. The topological polar surface area (TPSA) is 69.2 Å². The van der Waals surface area contributed by atoms with Crippen LogP contribution in [0.25, 0.3) is 0 Å². The standard InChI is InChI=1S/C12H17FN2O2/c1-8(2)12(14)4-3-9-5-10(13)7-11(6-9)15(16)17/h5-8,12H,3-4,14H2,1-2H3. The summed E-state index contributed by atoms with van der Waals surface area (Å²) in [5, 5.41) is 10.6. The van der Waals surface area contributed by atoms with Crippen LogP contribution in [0, 0.1) is 21.8 Å². The summed E-state index contributed by atoms with van der Waals surface area (Å²) in [6.45, 7) is 4.03. The van der Waals surface area contributed by atoms with Gasteiger partial charge in [0.25, 0.3) is 5.69 Å². The third-order valence-corrected chi connectivity index (χ3v) is 2.78. The smallest absolute Gasteiger partial charge is 0.272 e. The fourth-order valence-corrected chi connectivity index (χ4v) is 1.55. The Hall–Kier alpha value is -1.49. The van der Waals surface area contributed by atoms with Crippen molar-refractivity contribution in [2.24, 2.45) is 11.7 Å². The zero-order valence-electron chi connectivity index (χ0n) is 10.0. The first-order valence-corrected chi connectivity index (χ1v) is 5.59. The van der Waals surface area contributed by atoms with Gasteiger partial charge in [0.1, 0.15) is 5.82 Å². The Morgan fingerprint density at radius 2 is 2.06 bits per heavy atom. The molecule has 0 spiro atoms. The highest BCUT2D eigenvalue weighted by Gasteiger charge is 2.12. The molecule has 0 saturated carbocycles. The number of nitro groups is 1. The van der Waals surface area contributed by atoms with Crippen LogP contribution in [0.5, 0.6) is 0 Å². The lowest BCUT2D eigenvalue weighted by Gasteiger charge is -2.15. The molecule has 0 aliphatic carbocycles. The SMILES string of the molecule is CC(C)C(N)CCc1cc(F)cc([N+](=O)[O-])c1. The Morgan fingerprint density at radius 3 is 2.59 bits per heavy atom. The Morgan fingerprint density at radius 1 is 1.41 bits per heavy atom. The highest BCUT2D eigenvalue weighted by molar-refractivity contribution is 5.35. The van der Waals surface area contributed by atoms with Gasteiger partial charge in [0.05, 0.1) is 11.0 Å². The zero-order valence-corrected chi connectivity index (χ0v) is 10.0. The average molecular weight is 240 g/mol. The molecule has 1 atom stereocenters. The maximum atomic E-state index is 13.1. The van der Waals surface area contributed by atoms with Gasteiger partial charge in [0.15, 0.2) is 0 Å². The second-order valence-electron chi connectivity index (χ2n) is 4.52. The number of aryl methyl sites for hydroxylation is 1. The molecular weight excluding hydrogens is 223 g/mol. The minimum Gasteiger partial charge on any atom is -0.327 e. The van der Waals surface area contributed by atoms with E-state index in [1.54, 1.807) is 0 Å². The van der Waals surface area contributed by atoms with E-state index in [9.17, 15) is 14.5 Å². The number of benzene rings is 1. The second-order valence-corrected chi connectivity index (χ2v) is 4.52. The summed E-state index contributed by atoms with van der Waals surface area (Å²) < 4.78 is 13.1. The van der Waals surface area contributed by atoms with Crippen LogP contribution in [-0.4, -0.2) is 11.0 Å². The molecule has 0 amide bonds. The van der Waals surface area contributed by atoms with Crippen LogP contribution >= 0.6 is 0 Å². The van der Waals surface area contributed by atoms with Gasteiger partial charge in [0.2, 0.25) is 0 Å². The molecule has 17 heavy (non-hydrogen) atoms. The zero-order chi connectivity index (χ0) is 13.0. The highest BCUT2D eigenvalue weighted by Crippen LogP contribution is 2.18. The molecule has 1 aromatic carbocycles. The first-order chi connectivity index (χ1) is 7.90. The maximum absolute atomic E-state index is 13.1. The lowest BCUT2D eigenvalue weighted by atomic mass is 9.97. The molecule has 4 nitrogen and oxygen atoms in total. The summed E-state index contributed by atoms with van der Waals surface area (Å²) >= 11 is 0. The molecular formula is C12H17FN2O2. The number of nitrogens with zero attached hydrogens (tertiary/aromatic N) is 1. The number of rotatable bonds is 5. The van der Waals surface area contributed by atoms with Crippen molar-refractivity contribution in [3.05, 3.63) is 39.7 Å². The van der Waals surface area contributed by atoms with Crippen molar-refractivity contribution in [1.29, 1.82) is 0 Å². The van der Waals surface area contributed by atoms with Crippen molar-refractivity contribution >= 4 is 5.69 Å². The number of nitro benzene ring substituents is 1. The first-order valence-electron chi connectivity index (χ1n) is 5.59. The van der Waals surface area contributed by atoms with Crippen LogP contribution in [0.3, 0.4) is 0 Å². The predicted octanol–water partition coefficient (Wildman–Crippen LogP) is 2.65. The van der Waals surface area contributed by atoms with Crippen molar-refractivity contribution < 1.29 is 9.31 Å². The quantitative estimate of drug-likeness (QED) is 0.635.